The summed E-state index contributed by atoms with van der Waals surface area (Å²) in [5.41, 5.74) is 0.861. The fraction of sp³-hybridized carbons (Fsp3) is 0.571. The fourth-order valence-corrected chi connectivity index (χ4v) is 1.81. The molecule has 0 saturated heterocycles. The van der Waals surface area contributed by atoms with Crippen LogP contribution in [0.1, 0.15) is 38.2 Å². The summed E-state index contributed by atoms with van der Waals surface area (Å²) in [5, 5.41) is 3.28. The van der Waals surface area contributed by atoms with E-state index in [0.29, 0.717) is 0 Å². The zero-order valence-corrected chi connectivity index (χ0v) is 11.3. The van der Waals surface area contributed by atoms with Crippen LogP contribution < -0.4 is 10.1 Å². The van der Waals surface area contributed by atoms with E-state index in [9.17, 15) is 13.2 Å². The number of benzene rings is 1. The molecule has 1 rings (SSSR count). The SMILES string of the molecule is CCCNCCC(C)c1cccc(OC(F)(F)F)c1. The van der Waals surface area contributed by atoms with Gasteiger partial charge in [-0.05, 0) is 49.5 Å². The number of alkyl halides is 3. The van der Waals surface area contributed by atoms with E-state index in [0.717, 1.165) is 31.5 Å². The number of halogens is 3. The van der Waals surface area contributed by atoms with Crippen molar-refractivity contribution in [2.75, 3.05) is 13.1 Å². The van der Waals surface area contributed by atoms with Crippen LogP contribution in [0.15, 0.2) is 24.3 Å². The van der Waals surface area contributed by atoms with E-state index in [4.69, 9.17) is 0 Å². The molecule has 5 heteroatoms. The molecule has 2 nitrogen and oxygen atoms in total. The van der Waals surface area contributed by atoms with Gasteiger partial charge in [-0.2, -0.15) is 0 Å². The lowest BCUT2D eigenvalue weighted by Gasteiger charge is -2.14. The Bertz CT molecular complexity index is 379. The third kappa shape index (κ3) is 6.47. The Balaban J connectivity index is 2.55. The molecule has 0 fully saturated rings. The van der Waals surface area contributed by atoms with Crippen LogP contribution in [-0.4, -0.2) is 19.5 Å². The maximum absolute atomic E-state index is 12.1. The fourth-order valence-electron chi connectivity index (χ4n) is 1.81. The van der Waals surface area contributed by atoms with Gasteiger partial charge in [0.05, 0.1) is 0 Å². The van der Waals surface area contributed by atoms with E-state index in [1.807, 2.05) is 13.0 Å². The van der Waals surface area contributed by atoms with Crippen molar-refractivity contribution in [1.29, 1.82) is 0 Å². The molecule has 1 aromatic carbocycles. The molecule has 0 heterocycles. The third-order valence-electron chi connectivity index (χ3n) is 2.84. The summed E-state index contributed by atoms with van der Waals surface area (Å²) in [4.78, 5) is 0. The van der Waals surface area contributed by atoms with Gasteiger partial charge < -0.3 is 10.1 Å². The average Bonchev–Trinajstić information content (AvgIpc) is 2.32. The van der Waals surface area contributed by atoms with Gasteiger partial charge in [0.1, 0.15) is 5.75 Å². The molecule has 1 unspecified atom stereocenters. The van der Waals surface area contributed by atoms with Gasteiger partial charge in [-0.15, -0.1) is 13.2 Å². The van der Waals surface area contributed by atoms with Crippen molar-refractivity contribution in [3.63, 3.8) is 0 Å². The highest BCUT2D eigenvalue weighted by Crippen LogP contribution is 2.27. The predicted molar refractivity (Wildman–Crippen MR) is 69.3 cm³/mol. The number of hydrogen-bond donors (Lipinski definition) is 1. The molecule has 0 amide bonds. The molecule has 1 aromatic rings. The lowest BCUT2D eigenvalue weighted by atomic mass is 9.97. The van der Waals surface area contributed by atoms with Crippen LogP contribution >= 0.6 is 0 Å². The van der Waals surface area contributed by atoms with E-state index in [-0.39, 0.29) is 11.7 Å². The molecule has 1 N–H and O–H groups in total. The van der Waals surface area contributed by atoms with Crippen molar-refractivity contribution in [3.05, 3.63) is 29.8 Å². The van der Waals surface area contributed by atoms with Crippen LogP contribution in [0.3, 0.4) is 0 Å². The monoisotopic (exact) mass is 275 g/mol. The van der Waals surface area contributed by atoms with Crippen molar-refractivity contribution < 1.29 is 17.9 Å². The summed E-state index contributed by atoms with van der Waals surface area (Å²) >= 11 is 0. The van der Waals surface area contributed by atoms with Crippen LogP contribution in [0.25, 0.3) is 0 Å². The lowest BCUT2D eigenvalue weighted by molar-refractivity contribution is -0.274. The number of nitrogens with one attached hydrogen (secondary N) is 1. The van der Waals surface area contributed by atoms with Crippen LogP contribution in [0.5, 0.6) is 5.75 Å². The topological polar surface area (TPSA) is 21.3 Å². The summed E-state index contributed by atoms with van der Waals surface area (Å²) < 4.78 is 40.3. The first-order valence-corrected chi connectivity index (χ1v) is 6.49. The second-order valence-electron chi connectivity index (χ2n) is 4.56. The quantitative estimate of drug-likeness (QED) is 0.757. The Morgan fingerprint density at radius 2 is 2.00 bits per heavy atom. The molecule has 19 heavy (non-hydrogen) atoms. The van der Waals surface area contributed by atoms with Gasteiger partial charge >= 0.3 is 6.36 Å². The van der Waals surface area contributed by atoms with Crippen molar-refractivity contribution >= 4 is 0 Å². The normalized spacial score (nSPS) is 13.3. The first-order valence-electron chi connectivity index (χ1n) is 6.49. The molecule has 0 aliphatic rings. The van der Waals surface area contributed by atoms with E-state index in [1.54, 1.807) is 6.07 Å². The van der Waals surface area contributed by atoms with Crippen molar-refractivity contribution in [2.45, 2.75) is 39.0 Å². The maximum atomic E-state index is 12.1. The summed E-state index contributed by atoms with van der Waals surface area (Å²) in [5.74, 6) is 0.0412. The van der Waals surface area contributed by atoms with Gasteiger partial charge in [-0.3, -0.25) is 0 Å². The minimum Gasteiger partial charge on any atom is -0.406 e. The molecule has 0 bridgehead atoms. The maximum Gasteiger partial charge on any atom is 0.573 e. The van der Waals surface area contributed by atoms with E-state index < -0.39 is 6.36 Å². The van der Waals surface area contributed by atoms with Gasteiger partial charge in [-0.1, -0.05) is 26.0 Å². The standard InChI is InChI=1S/C14H20F3NO/c1-3-8-18-9-7-11(2)12-5-4-6-13(10-12)19-14(15,16)17/h4-6,10-11,18H,3,7-9H2,1-2H3. The van der Waals surface area contributed by atoms with Gasteiger partial charge in [0.2, 0.25) is 0 Å². The summed E-state index contributed by atoms with van der Waals surface area (Å²) in [6.45, 7) is 5.91. The van der Waals surface area contributed by atoms with Gasteiger partial charge in [-0.25, -0.2) is 0 Å². The van der Waals surface area contributed by atoms with Gasteiger partial charge in [0.25, 0.3) is 0 Å². The first kappa shape index (κ1) is 15.8. The highest BCUT2D eigenvalue weighted by atomic mass is 19.4. The Labute approximate surface area is 112 Å². The Kier molecular flexibility index (Phi) is 6.15. The Morgan fingerprint density at radius 1 is 1.26 bits per heavy atom. The highest BCUT2D eigenvalue weighted by molar-refractivity contribution is 5.30. The van der Waals surface area contributed by atoms with E-state index in [2.05, 4.69) is 17.0 Å². The summed E-state index contributed by atoms with van der Waals surface area (Å²) in [6, 6.07) is 6.19. The second kappa shape index (κ2) is 7.38. The van der Waals surface area contributed by atoms with E-state index in [1.165, 1.54) is 12.1 Å². The van der Waals surface area contributed by atoms with Crippen molar-refractivity contribution in [2.24, 2.45) is 0 Å². The number of hydrogen-bond acceptors (Lipinski definition) is 2. The van der Waals surface area contributed by atoms with Gasteiger partial charge in [0, 0.05) is 0 Å². The highest BCUT2D eigenvalue weighted by Gasteiger charge is 2.31. The molecule has 0 spiro atoms. The predicted octanol–water partition coefficient (Wildman–Crippen LogP) is 4.08. The first-order chi connectivity index (χ1) is 8.92. The zero-order valence-electron chi connectivity index (χ0n) is 11.3. The van der Waals surface area contributed by atoms with E-state index >= 15 is 0 Å². The average molecular weight is 275 g/mol. The third-order valence-corrected chi connectivity index (χ3v) is 2.84. The number of ether oxygens (including phenoxy) is 1. The van der Waals surface area contributed by atoms with Crippen LogP contribution in [-0.2, 0) is 0 Å². The van der Waals surface area contributed by atoms with Crippen LogP contribution in [0.2, 0.25) is 0 Å². The minimum atomic E-state index is -4.63. The summed E-state index contributed by atoms with van der Waals surface area (Å²) in [7, 11) is 0. The molecule has 0 aliphatic heterocycles. The summed E-state index contributed by atoms with van der Waals surface area (Å²) in [6.07, 6.45) is -2.68. The van der Waals surface area contributed by atoms with Crippen molar-refractivity contribution in [1.82, 2.24) is 5.32 Å². The van der Waals surface area contributed by atoms with Crippen LogP contribution in [0, 0.1) is 0 Å². The smallest absolute Gasteiger partial charge is 0.406 e. The molecule has 0 aromatic heterocycles. The molecule has 0 aliphatic carbocycles. The second-order valence-corrected chi connectivity index (χ2v) is 4.56. The Hall–Kier alpha value is -1.23. The molecular formula is C14H20F3NO. The molecule has 0 radical (unpaired) electrons. The molecular weight excluding hydrogens is 255 g/mol. The van der Waals surface area contributed by atoms with Crippen molar-refractivity contribution in [3.8, 4) is 5.75 Å². The zero-order chi connectivity index (χ0) is 14.3. The molecule has 108 valence electrons. The molecule has 0 saturated carbocycles. The lowest BCUT2D eigenvalue weighted by Crippen LogP contribution is -2.18. The van der Waals surface area contributed by atoms with Gasteiger partial charge in [0.15, 0.2) is 0 Å². The van der Waals surface area contributed by atoms with Crippen LogP contribution in [0.4, 0.5) is 13.2 Å². The molecule has 1 atom stereocenters. The number of rotatable bonds is 7. The minimum absolute atomic E-state index is 0.154. The Morgan fingerprint density at radius 3 is 2.63 bits per heavy atom. The largest absolute Gasteiger partial charge is 0.573 e.